The van der Waals surface area contributed by atoms with Crippen LogP contribution < -0.4 is 10.5 Å². The molecule has 2 fully saturated rings. The second kappa shape index (κ2) is 8.47. The average molecular weight is 354 g/mol. The van der Waals surface area contributed by atoms with Gasteiger partial charge in [0.2, 0.25) is 15.9 Å². The molecule has 0 bridgehead atoms. The maximum atomic E-state index is 12.1. The fraction of sp³-hybridized carbons (Fsp3) is 0.929. The Kier molecular flexibility index (Phi) is 7.58. The molecule has 2 rings (SSSR count). The van der Waals surface area contributed by atoms with Crippen LogP contribution in [0.4, 0.5) is 0 Å². The number of likely N-dealkylation sites (tertiary alicyclic amines) is 1. The summed E-state index contributed by atoms with van der Waals surface area (Å²) in [4.78, 5) is 13.7. The smallest absolute Gasteiger partial charge is 0.239 e. The van der Waals surface area contributed by atoms with Crippen molar-refractivity contribution in [3.05, 3.63) is 0 Å². The van der Waals surface area contributed by atoms with Crippen LogP contribution in [0.2, 0.25) is 0 Å². The van der Waals surface area contributed by atoms with Crippen LogP contribution in [0.1, 0.15) is 39.0 Å². The zero-order chi connectivity index (χ0) is 15.5. The van der Waals surface area contributed by atoms with Crippen molar-refractivity contribution in [3.63, 3.8) is 0 Å². The van der Waals surface area contributed by atoms with Gasteiger partial charge in [0.25, 0.3) is 0 Å². The predicted molar refractivity (Wildman–Crippen MR) is 89.3 cm³/mol. The predicted octanol–water partition coefficient (Wildman–Crippen LogP) is 0.714. The lowest BCUT2D eigenvalue weighted by atomic mass is 9.88. The number of rotatable bonds is 5. The van der Waals surface area contributed by atoms with E-state index in [4.69, 9.17) is 5.73 Å². The SMILES string of the molecule is CC1CCC(NS(=O)(=O)CC(=O)N2CCC(CN)C2)CC1.Cl. The van der Waals surface area contributed by atoms with Crippen LogP contribution in [-0.2, 0) is 14.8 Å². The maximum Gasteiger partial charge on any atom is 0.239 e. The van der Waals surface area contributed by atoms with Crippen molar-refractivity contribution in [3.8, 4) is 0 Å². The van der Waals surface area contributed by atoms with Crippen LogP contribution in [-0.4, -0.2) is 50.7 Å². The molecule has 2 aliphatic rings. The number of sulfonamides is 1. The minimum Gasteiger partial charge on any atom is -0.341 e. The molecule has 1 saturated carbocycles. The second-order valence-electron chi connectivity index (χ2n) is 6.56. The first kappa shape index (κ1) is 19.7. The van der Waals surface area contributed by atoms with Crippen LogP contribution in [0.5, 0.6) is 0 Å². The van der Waals surface area contributed by atoms with Gasteiger partial charge in [0, 0.05) is 19.1 Å². The Balaban J connectivity index is 0.00000242. The van der Waals surface area contributed by atoms with E-state index in [1.165, 1.54) is 0 Å². The lowest BCUT2D eigenvalue weighted by molar-refractivity contribution is -0.127. The molecule has 0 radical (unpaired) electrons. The molecule has 0 aromatic heterocycles. The molecule has 3 N–H and O–H groups in total. The van der Waals surface area contributed by atoms with Crippen molar-refractivity contribution in [1.29, 1.82) is 0 Å². The van der Waals surface area contributed by atoms with Crippen LogP contribution in [0, 0.1) is 11.8 Å². The number of halogens is 1. The highest BCUT2D eigenvalue weighted by molar-refractivity contribution is 7.90. The molecule has 22 heavy (non-hydrogen) atoms. The van der Waals surface area contributed by atoms with Crippen molar-refractivity contribution in [2.24, 2.45) is 17.6 Å². The first-order valence-corrected chi connectivity index (χ1v) is 9.52. The van der Waals surface area contributed by atoms with Crippen molar-refractivity contribution in [2.45, 2.75) is 45.1 Å². The van der Waals surface area contributed by atoms with E-state index < -0.39 is 15.8 Å². The number of nitrogens with zero attached hydrogens (tertiary/aromatic N) is 1. The molecule has 8 heteroatoms. The number of nitrogens with one attached hydrogen (secondary N) is 1. The normalized spacial score (nSPS) is 29.2. The molecule has 0 aromatic rings. The Bertz CT molecular complexity index is 464. The van der Waals surface area contributed by atoms with Crippen LogP contribution in [0.3, 0.4) is 0 Å². The summed E-state index contributed by atoms with van der Waals surface area (Å²) < 4.78 is 26.9. The molecule has 1 aliphatic carbocycles. The van der Waals surface area contributed by atoms with Crippen LogP contribution in [0.15, 0.2) is 0 Å². The summed E-state index contributed by atoms with van der Waals surface area (Å²) >= 11 is 0. The maximum absolute atomic E-state index is 12.1. The van der Waals surface area contributed by atoms with Gasteiger partial charge in [-0.1, -0.05) is 6.92 Å². The molecule has 6 nitrogen and oxygen atoms in total. The molecule has 1 aliphatic heterocycles. The zero-order valence-electron chi connectivity index (χ0n) is 13.2. The molecule has 1 saturated heterocycles. The van der Waals surface area contributed by atoms with Gasteiger partial charge in [-0.15, -0.1) is 12.4 Å². The van der Waals surface area contributed by atoms with E-state index in [0.717, 1.165) is 32.1 Å². The highest BCUT2D eigenvalue weighted by Crippen LogP contribution is 2.24. The quantitative estimate of drug-likeness (QED) is 0.761. The van der Waals surface area contributed by atoms with Gasteiger partial charge in [0.05, 0.1) is 0 Å². The Morgan fingerprint density at radius 1 is 1.23 bits per heavy atom. The van der Waals surface area contributed by atoms with Crippen LogP contribution in [0.25, 0.3) is 0 Å². The van der Waals surface area contributed by atoms with Crippen LogP contribution >= 0.6 is 12.4 Å². The zero-order valence-corrected chi connectivity index (χ0v) is 14.8. The highest BCUT2D eigenvalue weighted by Gasteiger charge is 2.30. The third-order valence-electron chi connectivity index (χ3n) is 4.65. The van der Waals surface area contributed by atoms with E-state index in [2.05, 4.69) is 11.6 Å². The topological polar surface area (TPSA) is 92.5 Å². The summed E-state index contributed by atoms with van der Waals surface area (Å²) in [5.74, 6) is 0.244. The first-order chi connectivity index (χ1) is 9.89. The number of carbonyl (C=O) groups excluding carboxylic acids is 1. The fourth-order valence-corrected chi connectivity index (χ4v) is 4.51. The Hall–Kier alpha value is -0.370. The first-order valence-electron chi connectivity index (χ1n) is 7.87. The van der Waals surface area contributed by atoms with Crippen molar-refractivity contribution < 1.29 is 13.2 Å². The van der Waals surface area contributed by atoms with Gasteiger partial charge in [-0.05, 0) is 50.5 Å². The standard InChI is InChI=1S/C14H27N3O3S.ClH/c1-11-2-4-13(5-3-11)16-21(19,20)10-14(18)17-7-6-12(8-15)9-17;/h11-13,16H,2-10,15H2,1H3;1H. The van der Waals surface area contributed by atoms with Gasteiger partial charge in [0.1, 0.15) is 5.75 Å². The lowest BCUT2D eigenvalue weighted by Gasteiger charge is -2.27. The minimum absolute atomic E-state index is 0. The third-order valence-corrected chi connectivity index (χ3v) is 5.97. The number of carbonyl (C=O) groups is 1. The molecule has 1 amide bonds. The molecule has 1 heterocycles. The van der Waals surface area contributed by atoms with Crippen molar-refractivity contribution in [1.82, 2.24) is 9.62 Å². The van der Waals surface area contributed by atoms with Gasteiger partial charge in [0.15, 0.2) is 0 Å². The molecular formula is C14H28ClN3O3S. The number of amides is 1. The summed E-state index contributed by atoms with van der Waals surface area (Å²) in [7, 11) is -3.53. The average Bonchev–Trinajstić information content (AvgIpc) is 2.89. The molecule has 0 aromatic carbocycles. The Morgan fingerprint density at radius 3 is 2.41 bits per heavy atom. The third kappa shape index (κ3) is 5.68. The lowest BCUT2D eigenvalue weighted by Crippen LogP contribution is -2.43. The van der Waals surface area contributed by atoms with Crippen molar-refractivity contribution in [2.75, 3.05) is 25.4 Å². The van der Waals surface area contributed by atoms with Gasteiger partial charge >= 0.3 is 0 Å². The summed E-state index contributed by atoms with van der Waals surface area (Å²) in [5, 5.41) is 0. The molecular weight excluding hydrogens is 326 g/mol. The number of hydrogen-bond acceptors (Lipinski definition) is 4. The van der Waals surface area contributed by atoms with E-state index in [1.54, 1.807) is 4.90 Å². The Morgan fingerprint density at radius 2 is 1.86 bits per heavy atom. The monoisotopic (exact) mass is 353 g/mol. The Labute approximate surface area is 139 Å². The van der Waals surface area contributed by atoms with E-state index in [1.807, 2.05) is 0 Å². The fourth-order valence-electron chi connectivity index (χ4n) is 3.18. The molecule has 1 unspecified atom stereocenters. The van der Waals surface area contributed by atoms with Gasteiger partial charge in [-0.25, -0.2) is 13.1 Å². The van der Waals surface area contributed by atoms with E-state index in [9.17, 15) is 13.2 Å². The summed E-state index contributed by atoms with van der Waals surface area (Å²) in [6, 6.07) is -0.00521. The second-order valence-corrected chi connectivity index (χ2v) is 8.32. The van der Waals surface area contributed by atoms with E-state index >= 15 is 0 Å². The minimum atomic E-state index is -3.53. The van der Waals surface area contributed by atoms with E-state index in [0.29, 0.717) is 31.5 Å². The highest BCUT2D eigenvalue weighted by atomic mass is 35.5. The van der Waals surface area contributed by atoms with Gasteiger partial charge < -0.3 is 10.6 Å². The number of hydrogen-bond donors (Lipinski definition) is 2. The summed E-state index contributed by atoms with van der Waals surface area (Å²) in [6.45, 7) is 3.95. The summed E-state index contributed by atoms with van der Waals surface area (Å²) in [5.41, 5.74) is 5.59. The van der Waals surface area contributed by atoms with Gasteiger partial charge in [-0.3, -0.25) is 4.79 Å². The molecule has 0 spiro atoms. The molecule has 130 valence electrons. The van der Waals surface area contributed by atoms with E-state index in [-0.39, 0.29) is 24.4 Å². The van der Waals surface area contributed by atoms with Crippen molar-refractivity contribution >= 4 is 28.3 Å². The summed E-state index contributed by atoms with van der Waals surface area (Å²) in [6.07, 6.45) is 4.70. The largest absolute Gasteiger partial charge is 0.341 e. The van der Waals surface area contributed by atoms with Gasteiger partial charge in [-0.2, -0.15) is 0 Å². The molecule has 1 atom stereocenters. The number of nitrogens with two attached hydrogens (primary N) is 1.